The van der Waals surface area contributed by atoms with Gasteiger partial charge in [-0.3, -0.25) is 0 Å². The maximum Gasteiger partial charge on any atom is 0.0207 e. The van der Waals surface area contributed by atoms with Crippen LogP contribution in [0, 0.1) is 0 Å². The Morgan fingerprint density at radius 3 is 1.77 bits per heavy atom. The molecule has 2 aliphatic heterocycles. The summed E-state index contributed by atoms with van der Waals surface area (Å²) in [5, 5.41) is 0. The summed E-state index contributed by atoms with van der Waals surface area (Å²) in [6, 6.07) is 0. The molecule has 2 rings (SSSR count). The Labute approximate surface area is 80.5 Å². The third kappa shape index (κ3) is 2.51. The van der Waals surface area contributed by atoms with E-state index in [1.807, 2.05) is 0 Å². The summed E-state index contributed by atoms with van der Waals surface area (Å²) in [6.45, 7) is 4.91. The Bertz CT molecular complexity index is 186. The summed E-state index contributed by atoms with van der Waals surface area (Å²) in [5.74, 6) is 0. The quantitative estimate of drug-likeness (QED) is 0.648. The topological polar surface area (TPSA) is 6.48 Å². The van der Waals surface area contributed by atoms with Crippen LogP contribution in [-0.4, -0.2) is 36.0 Å². The zero-order valence-corrected chi connectivity index (χ0v) is 8.15. The minimum absolute atomic E-state index is 1.22. The van der Waals surface area contributed by atoms with Crippen molar-refractivity contribution in [1.82, 2.24) is 9.80 Å². The first kappa shape index (κ1) is 8.67. The molecular formula is C11H18N2. The van der Waals surface area contributed by atoms with Gasteiger partial charge < -0.3 is 9.80 Å². The van der Waals surface area contributed by atoms with Crippen molar-refractivity contribution < 1.29 is 0 Å². The van der Waals surface area contributed by atoms with Crippen LogP contribution < -0.4 is 0 Å². The Balaban J connectivity index is 1.57. The molecule has 0 amide bonds. The molecule has 72 valence electrons. The SMILES string of the molecule is C1=CN(CCCN2C=CCC2)CC1. The van der Waals surface area contributed by atoms with Crippen LogP contribution in [0.5, 0.6) is 0 Å². The molecule has 0 aromatic heterocycles. The molecule has 0 saturated heterocycles. The smallest absolute Gasteiger partial charge is 0.0207 e. The van der Waals surface area contributed by atoms with Gasteiger partial charge in [0.05, 0.1) is 0 Å². The summed E-state index contributed by atoms with van der Waals surface area (Å²) >= 11 is 0. The Kier molecular flexibility index (Phi) is 2.90. The monoisotopic (exact) mass is 178 g/mol. The molecule has 2 aliphatic rings. The van der Waals surface area contributed by atoms with Gasteiger partial charge in [0.15, 0.2) is 0 Å². The molecule has 2 heterocycles. The molecule has 0 spiro atoms. The van der Waals surface area contributed by atoms with Gasteiger partial charge in [-0.15, -0.1) is 0 Å². The molecule has 0 aromatic rings. The molecule has 0 aliphatic carbocycles. The maximum atomic E-state index is 2.42. The number of hydrogen-bond donors (Lipinski definition) is 0. The van der Waals surface area contributed by atoms with Crippen LogP contribution in [0.4, 0.5) is 0 Å². The molecule has 0 atom stereocenters. The molecule has 0 saturated carbocycles. The van der Waals surface area contributed by atoms with E-state index in [0.717, 1.165) is 0 Å². The van der Waals surface area contributed by atoms with Crippen molar-refractivity contribution in [2.75, 3.05) is 26.2 Å². The number of rotatable bonds is 4. The molecule has 0 aromatic carbocycles. The van der Waals surface area contributed by atoms with Crippen LogP contribution in [0.1, 0.15) is 19.3 Å². The van der Waals surface area contributed by atoms with Crippen LogP contribution in [0.15, 0.2) is 24.6 Å². The zero-order valence-electron chi connectivity index (χ0n) is 8.15. The molecule has 0 unspecified atom stereocenters. The second-order valence-electron chi connectivity index (χ2n) is 3.77. The number of nitrogens with zero attached hydrogens (tertiary/aromatic N) is 2. The van der Waals surface area contributed by atoms with Gasteiger partial charge in [0, 0.05) is 26.2 Å². The number of hydrogen-bond acceptors (Lipinski definition) is 2. The highest BCUT2D eigenvalue weighted by atomic mass is 15.1. The Morgan fingerprint density at radius 1 is 0.846 bits per heavy atom. The fourth-order valence-electron chi connectivity index (χ4n) is 1.93. The lowest BCUT2D eigenvalue weighted by molar-refractivity contribution is 0.341. The lowest BCUT2D eigenvalue weighted by Crippen LogP contribution is -2.22. The molecule has 0 N–H and O–H groups in total. The molecule has 2 nitrogen and oxygen atoms in total. The molecule has 0 radical (unpaired) electrons. The minimum atomic E-state index is 1.22. The average Bonchev–Trinajstić information content (AvgIpc) is 2.75. The van der Waals surface area contributed by atoms with Crippen molar-refractivity contribution >= 4 is 0 Å². The van der Waals surface area contributed by atoms with E-state index in [9.17, 15) is 0 Å². The van der Waals surface area contributed by atoms with E-state index in [1.54, 1.807) is 0 Å². The van der Waals surface area contributed by atoms with E-state index in [1.165, 1.54) is 45.4 Å². The Morgan fingerprint density at radius 2 is 1.38 bits per heavy atom. The van der Waals surface area contributed by atoms with Crippen molar-refractivity contribution in [3.63, 3.8) is 0 Å². The molecule has 2 heteroatoms. The average molecular weight is 178 g/mol. The highest BCUT2D eigenvalue weighted by Crippen LogP contribution is 2.07. The van der Waals surface area contributed by atoms with Gasteiger partial charge in [-0.05, 0) is 31.7 Å². The Hall–Kier alpha value is -0.920. The fraction of sp³-hybridized carbons (Fsp3) is 0.636. The zero-order chi connectivity index (χ0) is 8.93. The predicted octanol–water partition coefficient (Wildman–Crippen LogP) is 1.82. The lowest BCUT2D eigenvalue weighted by atomic mass is 10.3. The van der Waals surface area contributed by atoms with E-state index >= 15 is 0 Å². The van der Waals surface area contributed by atoms with Gasteiger partial charge in [-0.25, -0.2) is 0 Å². The first-order chi connectivity index (χ1) is 6.45. The fourth-order valence-corrected chi connectivity index (χ4v) is 1.93. The van der Waals surface area contributed by atoms with Crippen molar-refractivity contribution in [3.8, 4) is 0 Å². The van der Waals surface area contributed by atoms with Crippen LogP contribution in [0.3, 0.4) is 0 Å². The van der Waals surface area contributed by atoms with Gasteiger partial charge in [0.25, 0.3) is 0 Å². The summed E-state index contributed by atoms with van der Waals surface area (Å²) in [6.07, 6.45) is 12.8. The summed E-state index contributed by atoms with van der Waals surface area (Å²) in [5.41, 5.74) is 0. The van der Waals surface area contributed by atoms with Crippen LogP contribution >= 0.6 is 0 Å². The van der Waals surface area contributed by atoms with E-state index in [0.29, 0.717) is 0 Å². The molecule has 13 heavy (non-hydrogen) atoms. The van der Waals surface area contributed by atoms with Gasteiger partial charge in [-0.2, -0.15) is 0 Å². The maximum absolute atomic E-state index is 2.42. The minimum Gasteiger partial charge on any atom is -0.377 e. The predicted molar refractivity (Wildman–Crippen MR) is 55.3 cm³/mol. The van der Waals surface area contributed by atoms with Gasteiger partial charge in [-0.1, -0.05) is 12.2 Å². The van der Waals surface area contributed by atoms with E-state index in [-0.39, 0.29) is 0 Å². The first-order valence-corrected chi connectivity index (χ1v) is 5.26. The lowest BCUT2D eigenvalue weighted by Gasteiger charge is -2.19. The molecule has 0 fully saturated rings. The third-order valence-corrected chi connectivity index (χ3v) is 2.69. The normalized spacial score (nSPS) is 20.6. The summed E-state index contributed by atoms with van der Waals surface area (Å²) in [7, 11) is 0. The van der Waals surface area contributed by atoms with E-state index in [2.05, 4.69) is 34.4 Å². The highest BCUT2D eigenvalue weighted by molar-refractivity contribution is 4.92. The van der Waals surface area contributed by atoms with Crippen molar-refractivity contribution in [1.29, 1.82) is 0 Å². The molecule has 0 bridgehead atoms. The van der Waals surface area contributed by atoms with Crippen LogP contribution in [-0.2, 0) is 0 Å². The largest absolute Gasteiger partial charge is 0.377 e. The third-order valence-electron chi connectivity index (χ3n) is 2.69. The molecular weight excluding hydrogens is 160 g/mol. The summed E-state index contributed by atoms with van der Waals surface area (Å²) < 4.78 is 0. The van der Waals surface area contributed by atoms with Gasteiger partial charge in [0.1, 0.15) is 0 Å². The van der Waals surface area contributed by atoms with Crippen molar-refractivity contribution in [2.45, 2.75) is 19.3 Å². The van der Waals surface area contributed by atoms with Gasteiger partial charge >= 0.3 is 0 Å². The van der Waals surface area contributed by atoms with E-state index in [4.69, 9.17) is 0 Å². The van der Waals surface area contributed by atoms with Crippen LogP contribution in [0.2, 0.25) is 0 Å². The summed E-state index contributed by atoms with van der Waals surface area (Å²) in [4.78, 5) is 4.83. The van der Waals surface area contributed by atoms with Crippen LogP contribution in [0.25, 0.3) is 0 Å². The second kappa shape index (κ2) is 4.35. The van der Waals surface area contributed by atoms with Crippen molar-refractivity contribution in [2.24, 2.45) is 0 Å². The second-order valence-corrected chi connectivity index (χ2v) is 3.77. The standard InChI is InChI=1S/C11H18N2/c1-2-7-12(6-1)10-5-11-13-8-3-4-9-13/h1,3,6,8H,2,4-5,7,9-11H2. The highest BCUT2D eigenvalue weighted by Gasteiger charge is 2.06. The first-order valence-electron chi connectivity index (χ1n) is 5.26. The van der Waals surface area contributed by atoms with E-state index < -0.39 is 0 Å². The van der Waals surface area contributed by atoms with Gasteiger partial charge in [0.2, 0.25) is 0 Å². The van der Waals surface area contributed by atoms with Crippen molar-refractivity contribution in [3.05, 3.63) is 24.6 Å².